The van der Waals surface area contributed by atoms with Crippen LogP contribution in [0.2, 0.25) is 25.7 Å². The summed E-state index contributed by atoms with van der Waals surface area (Å²) in [6, 6.07) is 0.842. The van der Waals surface area contributed by atoms with Gasteiger partial charge in [-0.05, 0) is 19.0 Å². The van der Waals surface area contributed by atoms with Crippen LogP contribution in [0.4, 0.5) is 4.79 Å². The van der Waals surface area contributed by atoms with Gasteiger partial charge < -0.3 is 25.7 Å². The molecule has 9 heteroatoms. The number of amides is 2. The van der Waals surface area contributed by atoms with Gasteiger partial charge in [-0.15, -0.1) is 0 Å². The molecule has 0 aromatic carbocycles. The summed E-state index contributed by atoms with van der Waals surface area (Å²) in [5.74, 6) is -0.373. The third-order valence-electron chi connectivity index (χ3n) is 4.16. The first kappa shape index (κ1) is 22.8. The SMILES string of the molecule is COC1=CC(C=C(C)C(N)=O)C(N)(NC(=O)OCC[Si](C)(C)C)C=C1OC. The zero-order chi connectivity index (χ0) is 20.8. The van der Waals surface area contributed by atoms with Crippen LogP contribution in [0.15, 0.2) is 35.3 Å². The average molecular weight is 398 g/mol. The first-order valence-electron chi connectivity index (χ1n) is 8.67. The first-order valence-corrected chi connectivity index (χ1v) is 12.4. The molecule has 1 rings (SSSR count). The summed E-state index contributed by atoms with van der Waals surface area (Å²) in [5.41, 5.74) is 10.7. The van der Waals surface area contributed by atoms with E-state index in [2.05, 4.69) is 25.0 Å². The van der Waals surface area contributed by atoms with Crippen LogP contribution in [0.3, 0.4) is 0 Å². The highest BCUT2D eigenvalue weighted by molar-refractivity contribution is 6.76. The quantitative estimate of drug-likeness (QED) is 0.326. The predicted molar refractivity (Wildman–Crippen MR) is 106 cm³/mol. The molecule has 0 fully saturated rings. The Morgan fingerprint density at radius 1 is 1.26 bits per heavy atom. The van der Waals surface area contributed by atoms with Gasteiger partial charge in [-0.25, -0.2) is 4.79 Å². The molecule has 0 saturated heterocycles. The lowest BCUT2D eigenvalue weighted by molar-refractivity contribution is -0.114. The maximum Gasteiger partial charge on any atom is 0.408 e. The Bertz CT molecular complexity index is 666. The van der Waals surface area contributed by atoms with Crippen molar-refractivity contribution in [2.75, 3.05) is 20.8 Å². The molecule has 0 spiro atoms. The normalized spacial score (nSPS) is 23.1. The summed E-state index contributed by atoms with van der Waals surface area (Å²) in [4.78, 5) is 23.7. The standard InChI is InChI=1S/C18H31N3O5Si/c1-12(16(19)22)9-13-10-14(24-2)15(25-3)11-18(13,20)21-17(23)26-7-8-27(4,5)6/h9-11,13H,7-8,20H2,1-6H3,(H2,19,22)(H,21,23). The molecule has 5 N–H and O–H groups in total. The Balaban J connectivity index is 3.07. The van der Waals surface area contributed by atoms with E-state index in [1.807, 2.05) is 0 Å². The molecule has 0 aliphatic heterocycles. The van der Waals surface area contributed by atoms with E-state index >= 15 is 0 Å². The van der Waals surface area contributed by atoms with Gasteiger partial charge in [-0.3, -0.25) is 10.1 Å². The van der Waals surface area contributed by atoms with Crippen molar-refractivity contribution >= 4 is 20.1 Å². The maximum absolute atomic E-state index is 12.3. The van der Waals surface area contributed by atoms with Crippen molar-refractivity contribution in [2.24, 2.45) is 17.4 Å². The zero-order valence-electron chi connectivity index (χ0n) is 16.9. The van der Waals surface area contributed by atoms with Gasteiger partial charge >= 0.3 is 6.09 Å². The minimum absolute atomic E-state index is 0.310. The van der Waals surface area contributed by atoms with Crippen LogP contribution in [-0.2, 0) is 19.0 Å². The predicted octanol–water partition coefficient (Wildman–Crippen LogP) is 1.83. The highest BCUT2D eigenvalue weighted by atomic mass is 28.3. The molecule has 1 aliphatic carbocycles. The van der Waals surface area contributed by atoms with Crippen molar-refractivity contribution in [1.82, 2.24) is 5.32 Å². The van der Waals surface area contributed by atoms with Gasteiger partial charge in [0, 0.05) is 25.6 Å². The molecule has 2 unspecified atom stereocenters. The topological polar surface area (TPSA) is 126 Å². The zero-order valence-corrected chi connectivity index (χ0v) is 17.9. The van der Waals surface area contributed by atoms with Crippen LogP contribution in [0, 0.1) is 5.92 Å². The fourth-order valence-corrected chi connectivity index (χ4v) is 3.13. The van der Waals surface area contributed by atoms with E-state index in [0.717, 1.165) is 6.04 Å². The second-order valence-electron chi connectivity index (χ2n) is 7.69. The lowest BCUT2D eigenvalue weighted by atomic mass is 9.86. The minimum atomic E-state index is -1.37. The molecular formula is C18H31N3O5Si. The molecule has 0 saturated carbocycles. The number of rotatable bonds is 8. The average Bonchev–Trinajstić information content (AvgIpc) is 2.54. The van der Waals surface area contributed by atoms with Crippen molar-refractivity contribution in [3.63, 3.8) is 0 Å². The van der Waals surface area contributed by atoms with Gasteiger partial charge in [0.25, 0.3) is 0 Å². The van der Waals surface area contributed by atoms with E-state index in [4.69, 9.17) is 25.7 Å². The number of nitrogens with one attached hydrogen (secondary N) is 1. The fraction of sp³-hybridized carbons (Fsp3) is 0.556. The summed E-state index contributed by atoms with van der Waals surface area (Å²) in [5, 5.41) is 2.66. The van der Waals surface area contributed by atoms with E-state index in [1.165, 1.54) is 20.3 Å². The van der Waals surface area contributed by atoms with E-state index in [-0.39, 0.29) is 0 Å². The molecule has 8 nitrogen and oxygen atoms in total. The number of hydrogen-bond donors (Lipinski definition) is 3. The van der Waals surface area contributed by atoms with E-state index in [1.54, 1.807) is 19.1 Å². The first-order chi connectivity index (χ1) is 12.4. The van der Waals surface area contributed by atoms with Crippen LogP contribution >= 0.6 is 0 Å². The molecule has 152 valence electrons. The Labute approximate surface area is 161 Å². The lowest BCUT2D eigenvalue weighted by Crippen LogP contribution is -2.60. The summed E-state index contributed by atoms with van der Waals surface area (Å²) in [6.45, 7) is 8.47. The summed E-state index contributed by atoms with van der Waals surface area (Å²) >= 11 is 0. The molecule has 0 radical (unpaired) electrons. The number of carbonyl (C=O) groups excluding carboxylic acids is 2. The summed E-state index contributed by atoms with van der Waals surface area (Å²) in [7, 11) is 1.63. The summed E-state index contributed by atoms with van der Waals surface area (Å²) in [6.07, 6.45) is 4.12. The molecule has 2 atom stereocenters. The van der Waals surface area contributed by atoms with Gasteiger partial charge in [-0.1, -0.05) is 25.7 Å². The molecule has 1 aliphatic rings. The number of primary amides is 1. The second-order valence-corrected chi connectivity index (χ2v) is 13.3. The van der Waals surface area contributed by atoms with E-state index < -0.39 is 31.7 Å². The van der Waals surface area contributed by atoms with Gasteiger partial charge in [0.1, 0.15) is 5.66 Å². The largest absolute Gasteiger partial charge is 0.493 e. The molecule has 0 bridgehead atoms. The highest BCUT2D eigenvalue weighted by Crippen LogP contribution is 2.30. The third kappa shape index (κ3) is 6.76. The Morgan fingerprint density at radius 3 is 2.33 bits per heavy atom. The van der Waals surface area contributed by atoms with Crippen molar-refractivity contribution in [3.05, 3.63) is 35.3 Å². The highest BCUT2D eigenvalue weighted by Gasteiger charge is 2.38. The molecule has 0 aromatic heterocycles. The number of methoxy groups -OCH3 is 2. The fourth-order valence-electron chi connectivity index (χ4n) is 2.42. The van der Waals surface area contributed by atoms with E-state index in [9.17, 15) is 9.59 Å². The van der Waals surface area contributed by atoms with Crippen molar-refractivity contribution in [3.8, 4) is 0 Å². The van der Waals surface area contributed by atoms with Gasteiger partial charge in [0.05, 0.1) is 20.8 Å². The van der Waals surface area contributed by atoms with Crippen molar-refractivity contribution < 1.29 is 23.8 Å². The Kier molecular flexibility index (Phi) is 7.67. The maximum atomic E-state index is 12.3. The molecule has 0 aromatic rings. The van der Waals surface area contributed by atoms with Crippen LogP contribution < -0.4 is 16.8 Å². The minimum Gasteiger partial charge on any atom is -0.493 e. The Morgan fingerprint density at radius 2 is 1.85 bits per heavy atom. The van der Waals surface area contributed by atoms with Crippen LogP contribution in [0.5, 0.6) is 0 Å². The number of nitrogens with two attached hydrogens (primary N) is 2. The summed E-state index contributed by atoms with van der Waals surface area (Å²) < 4.78 is 15.9. The molecule has 2 amide bonds. The number of carbonyl (C=O) groups is 2. The van der Waals surface area contributed by atoms with Crippen molar-refractivity contribution in [2.45, 2.75) is 38.3 Å². The van der Waals surface area contributed by atoms with E-state index in [0.29, 0.717) is 23.7 Å². The van der Waals surface area contributed by atoms with Crippen molar-refractivity contribution in [1.29, 1.82) is 0 Å². The molecular weight excluding hydrogens is 366 g/mol. The van der Waals surface area contributed by atoms with Gasteiger partial charge in [0.2, 0.25) is 5.91 Å². The number of alkyl carbamates (subject to hydrolysis) is 1. The van der Waals surface area contributed by atoms with Crippen LogP contribution in [-0.4, -0.2) is 46.6 Å². The molecule has 27 heavy (non-hydrogen) atoms. The number of ether oxygens (including phenoxy) is 3. The Hall–Kier alpha value is -2.26. The molecule has 0 heterocycles. The second kappa shape index (κ2) is 9.09. The smallest absolute Gasteiger partial charge is 0.408 e. The lowest BCUT2D eigenvalue weighted by Gasteiger charge is -2.36. The monoisotopic (exact) mass is 397 g/mol. The van der Waals surface area contributed by atoms with Crippen LogP contribution in [0.25, 0.3) is 0 Å². The third-order valence-corrected chi connectivity index (χ3v) is 5.86. The van der Waals surface area contributed by atoms with Gasteiger partial charge in [-0.2, -0.15) is 0 Å². The number of hydrogen-bond acceptors (Lipinski definition) is 6. The van der Waals surface area contributed by atoms with Gasteiger partial charge in [0.15, 0.2) is 11.5 Å². The van der Waals surface area contributed by atoms with Crippen LogP contribution in [0.1, 0.15) is 6.92 Å².